The maximum Gasteiger partial charge on any atom is 0.317 e. The van der Waals surface area contributed by atoms with E-state index in [1.807, 2.05) is 35.2 Å². The Labute approximate surface area is 145 Å². The Morgan fingerprint density at radius 1 is 1.24 bits per heavy atom. The molecule has 0 unspecified atom stereocenters. The second-order valence-electron chi connectivity index (χ2n) is 6.18. The van der Waals surface area contributed by atoms with Crippen LogP contribution in [0, 0.1) is 0 Å². The molecule has 1 aromatic carbocycles. The van der Waals surface area contributed by atoms with Crippen LogP contribution in [0.5, 0.6) is 0 Å². The first-order chi connectivity index (χ1) is 12.3. The molecule has 7 heteroatoms. The lowest BCUT2D eigenvalue weighted by molar-refractivity contribution is 0.180. The number of hydrogen-bond donors (Lipinski definition) is 1. The van der Waals surface area contributed by atoms with Crippen molar-refractivity contribution < 1.29 is 9.32 Å². The standard InChI is InChI=1S/C18H19N5O2/c24-18(20-11-16-14-3-1-2-4-17(14)25-22-16)23-9-6-13(7-10-23)15-5-8-19-12-21-15/h1-5,8,12-13H,6-7,9-11H2,(H,20,24). The molecule has 1 aliphatic heterocycles. The van der Waals surface area contributed by atoms with E-state index in [0.717, 1.165) is 48.3 Å². The summed E-state index contributed by atoms with van der Waals surface area (Å²) < 4.78 is 5.26. The Kier molecular flexibility index (Phi) is 4.28. The van der Waals surface area contributed by atoms with Gasteiger partial charge >= 0.3 is 6.03 Å². The fraction of sp³-hybridized carbons (Fsp3) is 0.333. The predicted octanol–water partition coefficient (Wildman–Crippen LogP) is 2.71. The molecule has 2 amide bonds. The summed E-state index contributed by atoms with van der Waals surface area (Å²) in [6.45, 7) is 1.81. The van der Waals surface area contributed by atoms with E-state index in [9.17, 15) is 4.79 Å². The molecule has 128 valence electrons. The molecule has 0 aliphatic carbocycles. The number of aromatic nitrogens is 3. The van der Waals surface area contributed by atoms with Gasteiger partial charge in [0.05, 0.1) is 6.54 Å². The van der Waals surface area contributed by atoms with Crippen LogP contribution in [0.25, 0.3) is 11.0 Å². The van der Waals surface area contributed by atoms with Crippen LogP contribution in [0.3, 0.4) is 0 Å². The molecule has 2 aromatic heterocycles. The van der Waals surface area contributed by atoms with Crippen molar-refractivity contribution in [3.8, 4) is 0 Å². The second kappa shape index (κ2) is 6.88. The summed E-state index contributed by atoms with van der Waals surface area (Å²) in [5.41, 5.74) is 2.54. The highest BCUT2D eigenvalue weighted by molar-refractivity contribution is 5.80. The Morgan fingerprint density at radius 3 is 2.88 bits per heavy atom. The van der Waals surface area contributed by atoms with Gasteiger partial charge in [-0.25, -0.2) is 14.8 Å². The molecule has 7 nitrogen and oxygen atoms in total. The van der Waals surface area contributed by atoms with E-state index in [4.69, 9.17) is 4.52 Å². The van der Waals surface area contributed by atoms with Crippen LogP contribution in [0.2, 0.25) is 0 Å². The molecular weight excluding hydrogens is 318 g/mol. The zero-order valence-electron chi connectivity index (χ0n) is 13.8. The van der Waals surface area contributed by atoms with Gasteiger partial charge in [-0.1, -0.05) is 17.3 Å². The van der Waals surface area contributed by atoms with Gasteiger partial charge in [-0.15, -0.1) is 0 Å². The quantitative estimate of drug-likeness (QED) is 0.794. The third-order valence-electron chi connectivity index (χ3n) is 4.66. The minimum absolute atomic E-state index is 0.0618. The Balaban J connectivity index is 1.32. The zero-order valence-corrected chi connectivity index (χ0v) is 13.8. The molecule has 3 aromatic rings. The van der Waals surface area contributed by atoms with Crippen molar-refractivity contribution >= 4 is 17.0 Å². The topological polar surface area (TPSA) is 84.2 Å². The number of carbonyl (C=O) groups excluding carboxylic acids is 1. The number of piperidine rings is 1. The first-order valence-electron chi connectivity index (χ1n) is 8.43. The average Bonchev–Trinajstić information content (AvgIpc) is 3.10. The summed E-state index contributed by atoms with van der Waals surface area (Å²) in [6.07, 6.45) is 5.18. The van der Waals surface area contributed by atoms with Crippen LogP contribution in [0.4, 0.5) is 4.79 Å². The molecule has 1 N–H and O–H groups in total. The number of fused-ring (bicyclic) bond motifs is 1. The van der Waals surface area contributed by atoms with E-state index in [1.54, 1.807) is 12.5 Å². The third kappa shape index (κ3) is 3.31. The van der Waals surface area contributed by atoms with Crippen molar-refractivity contribution in [2.45, 2.75) is 25.3 Å². The minimum atomic E-state index is -0.0618. The number of rotatable bonds is 3. The molecular formula is C18H19N5O2. The summed E-state index contributed by atoms with van der Waals surface area (Å²) in [7, 11) is 0. The molecule has 1 saturated heterocycles. The van der Waals surface area contributed by atoms with Crippen molar-refractivity contribution in [1.82, 2.24) is 25.3 Å². The summed E-state index contributed by atoms with van der Waals surface area (Å²) in [4.78, 5) is 22.5. The Morgan fingerprint density at radius 2 is 2.08 bits per heavy atom. The molecule has 3 heterocycles. The van der Waals surface area contributed by atoms with Crippen LogP contribution in [0.15, 0.2) is 47.4 Å². The molecule has 1 fully saturated rings. The first kappa shape index (κ1) is 15.6. The van der Waals surface area contributed by atoms with Gasteiger partial charge in [0.25, 0.3) is 0 Å². The number of carbonyl (C=O) groups is 1. The van der Waals surface area contributed by atoms with Crippen molar-refractivity contribution in [2.75, 3.05) is 13.1 Å². The number of nitrogens with one attached hydrogen (secondary N) is 1. The molecule has 25 heavy (non-hydrogen) atoms. The highest BCUT2D eigenvalue weighted by Gasteiger charge is 2.24. The molecule has 0 atom stereocenters. The highest BCUT2D eigenvalue weighted by Crippen LogP contribution is 2.26. The molecule has 0 spiro atoms. The van der Waals surface area contributed by atoms with Gasteiger partial charge in [-0.2, -0.15) is 0 Å². The SMILES string of the molecule is O=C(NCc1noc2ccccc12)N1CCC(c2ccncn2)CC1. The van der Waals surface area contributed by atoms with Gasteiger partial charge in [0.1, 0.15) is 12.0 Å². The van der Waals surface area contributed by atoms with Gasteiger partial charge < -0.3 is 14.7 Å². The van der Waals surface area contributed by atoms with E-state index in [0.29, 0.717) is 12.5 Å². The maximum atomic E-state index is 12.4. The monoisotopic (exact) mass is 337 g/mol. The number of amides is 2. The van der Waals surface area contributed by atoms with Crippen LogP contribution in [0.1, 0.15) is 30.1 Å². The Hall–Kier alpha value is -2.96. The number of nitrogens with zero attached hydrogens (tertiary/aromatic N) is 4. The van der Waals surface area contributed by atoms with Crippen molar-refractivity contribution in [3.63, 3.8) is 0 Å². The molecule has 1 aliphatic rings. The highest BCUT2D eigenvalue weighted by atomic mass is 16.5. The number of para-hydroxylation sites is 1. The zero-order chi connectivity index (χ0) is 17.1. The average molecular weight is 337 g/mol. The molecule has 0 saturated carbocycles. The van der Waals surface area contributed by atoms with E-state index in [-0.39, 0.29) is 6.03 Å². The van der Waals surface area contributed by atoms with E-state index in [1.165, 1.54) is 0 Å². The van der Waals surface area contributed by atoms with Crippen LogP contribution in [-0.4, -0.2) is 39.1 Å². The lowest BCUT2D eigenvalue weighted by Crippen LogP contribution is -2.44. The van der Waals surface area contributed by atoms with Crippen molar-refractivity contribution in [1.29, 1.82) is 0 Å². The van der Waals surface area contributed by atoms with Crippen LogP contribution in [-0.2, 0) is 6.54 Å². The van der Waals surface area contributed by atoms with Gasteiger partial charge in [-0.3, -0.25) is 0 Å². The third-order valence-corrected chi connectivity index (χ3v) is 4.66. The van der Waals surface area contributed by atoms with Crippen molar-refractivity contribution in [2.24, 2.45) is 0 Å². The number of likely N-dealkylation sites (tertiary alicyclic amines) is 1. The summed E-state index contributed by atoms with van der Waals surface area (Å²) in [5.74, 6) is 0.395. The van der Waals surface area contributed by atoms with Gasteiger partial charge in [-0.05, 0) is 31.0 Å². The Bertz CT molecular complexity index is 856. The van der Waals surface area contributed by atoms with E-state index >= 15 is 0 Å². The predicted molar refractivity (Wildman–Crippen MR) is 91.8 cm³/mol. The first-order valence-corrected chi connectivity index (χ1v) is 8.43. The summed E-state index contributed by atoms with van der Waals surface area (Å²) in [6, 6.07) is 9.54. The van der Waals surface area contributed by atoms with E-state index < -0.39 is 0 Å². The van der Waals surface area contributed by atoms with Crippen molar-refractivity contribution in [3.05, 3.63) is 54.2 Å². The largest absolute Gasteiger partial charge is 0.356 e. The molecule has 0 radical (unpaired) electrons. The number of urea groups is 1. The molecule has 0 bridgehead atoms. The van der Waals surface area contributed by atoms with Crippen LogP contribution < -0.4 is 5.32 Å². The smallest absolute Gasteiger partial charge is 0.317 e. The fourth-order valence-electron chi connectivity index (χ4n) is 3.26. The number of hydrogen-bond acceptors (Lipinski definition) is 5. The minimum Gasteiger partial charge on any atom is -0.356 e. The van der Waals surface area contributed by atoms with Crippen LogP contribution >= 0.6 is 0 Å². The fourth-order valence-corrected chi connectivity index (χ4v) is 3.26. The van der Waals surface area contributed by atoms with Gasteiger partial charge in [0.15, 0.2) is 5.58 Å². The lowest BCUT2D eigenvalue weighted by Gasteiger charge is -2.31. The van der Waals surface area contributed by atoms with Gasteiger partial charge in [0, 0.05) is 36.3 Å². The molecule has 4 rings (SSSR count). The maximum absolute atomic E-state index is 12.4. The lowest BCUT2D eigenvalue weighted by atomic mass is 9.93. The van der Waals surface area contributed by atoms with Gasteiger partial charge in [0.2, 0.25) is 0 Å². The number of benzene rings is 1. The second-order valence-corrected chi connectivity index (χ2v) is 6.18. The normalized spacial score (nSPS) is 15.4. The van der Waals surface area contributed by atoms with E-state index in [2.05, 4.69) is 20.4 Å². The summed E-state index contributed by atoms with van der Waals surface area (Å²) in [5, 5.41) is 7.92. The summed E-state index contributed by atoms with van der Waals surface area (Å²) >= 11 is 0.